The zero-order chi connectivity index (χ0) is 26.3. The van der Waals surface area contributed by atoms with E-state index in [-0.39, 0.29) is 17.7 Å². The number of aromatic hydroxyl groups is 2. The normalized spacial score (nSPS) is 25.0. The van der Waals surface area contributed by atoms with Gasteiger partial charge in [-0.3, -0.25) is 9.80 Å². The van der Waals surface area contributed by atoms with E-state index in [4.69, 9.17) is 14.0 Å². The molecule has 202 valence electrons. The molecule has 3 N–H and O–H groups in total. The Bertz CT molecular complexity index is 1220. The Labute approximate surface area is 218 Å². The predicted molar refractivity (Wildman–Crippen MR) is 140 cm³/mol. The number of rotatable bonds is 5. The first-order valence-corrected chi connectivity index (χ1v) is 14.7. The largest absolute Gasteiger partial charge is 0.507 e. The van der Waals surface area contributed by atoms with Crippen LogP contribution in [0.4, 0.5) is 0 Å². The molecule has 5 rings (SSSR count). The summed E-state index contributed by atoms with van der Waals surface area (Å²) >= 11 is 0. The molecule has 2 saturated heterocycles. The van der Waals surface area contributed by atoms with Gasteiger partial charge in [0.25, 0.3) is 0 Å². The van der Waals surface area contributed by atoms with E-state index >= 15 is 0 Å². The van der Waals surface area contributed by atoms with E-state index in [1.807, 2.05) is 26.8 Å². The molecule has 2 atom stereocenters. The van der Waals surface area contributed by atoms with Gasteiger partial charge in [0.05, 0.1) is 38.2 Å². The van der Waals surface area contributed by atoms with Gasteiger partial charge in [-0.2, -0.15) is 0 Å². The van der Waals surface area contributed by atoms with Gasteiger partial charge in [-0.1, -0.05) is 6.07 Å². The highest BCUT2D eigenvalue weighted by Gasteiger charge is 2.40. The van der Waals surface area contributed by atoms with Gasteiger partial charge in [-0.15, -0.1) is 0 Å². The fourth-order valence-corrected chi connectivity index (χ4v) is 7.14. The topological polar surface area (TPSA) is 112 Å². The van der Waals surface area contributed by atoms with Crippen LogP contribution in [0.3, 0.4) is 0 Å². The van der Waals surface area contributed by atoms with Crippen molar-refractivity contribution >= 4 is 7.60 Å². The van der Waals surface area contributed by atoms with Crippen LogP contribution >= 0.6 is 7.60 Å². The lowest BCUT2D eigenvalue weighted by atomic mass is 9.84. The highest BCUT2D eigenvalue weighted by Crippen LogP contribution is 2.58. The van der Waals surface area contributed by atoms with Crippen LogP contribution in [-0.4, -0.2) is 83.7 Å². The van der Waals surface area contributed by atoms with Crippen molar-refractivity contribution in [1.82, 2.24) is 9.80 Å². The second-order valence-electron chi connectivity index (χ2n) is 10.4. The van der Waals surface area contributed by atoms with Gasteiger partial charge in [-0.05, 0) is 43.5 Å². The molecular weight excluding hydrogens is 495 g/mol. The maximum absolute atomic E-state index is 13.1. The maximum Gasteiger partial charge on any atom is 0.377 e. The lowest BCUT2D eigenvalue weighted by Crippen LogP contribution is -2.36. The van der Waals surface area contributed by atoms with Gasteiger partial charge in [-0.25, -0.2) is 4.57 Å². The molecule has 10 heteroatoms. The molecule has 0 radical (unpaired) electrons. The molecule has 2 unspecified atom stereocenters. The lowest BCUT2D eigenvalue weighted by molar-refractivity contribution is 0.0325. The molecule has 0 saturated carbocycles. The van der Waals surface area contributed by atoms with Gasteiger partial charge in [0.15, 0.2) is 0 Å². The first kappa shape index (κ1) is 26.5. The first-order valence-electron chi connectivity index (χ1n) is 12.9. The number of fused-ring (bicyclic) bond motifs is 1. The molecule has 0 spiro atoms. The third-order valence-electron chi connectivity index (χ3n) is 7.87. The van der Waals surface area contributed by atoms with Crippen molar-refractivity contribution in [3.63, 3.8) is 0 Å². The summed E-state index contributed by atoms with van der Waals surface area (Å²) in [6.07, 6.45) is -0.143. The van der Waals surface area contributed by atoms with Gasteiger partial charge in [0, 0.05) is 61.9 Å². The molecule has 3 heterocycles. The van der Waals surface area contributed by atoms with E-state index in [0.717, 1.165) is 35.3 Å². The number of nitrogens with zero attached hydrogens (tertiary/aromatic N) is 2. The predicted octanol–water partition coefficient (Wildman–Crippen LogP) is 3.40. The van der Waals surface area contributed by atoms with E-state index in [1.165, 1.54) is 0 Å². The third kappa shape index (κ3) is 5.39. The van der Waals surface area contributed by atoms with Crippen molar-refractivity contribution < 1.29 is 33.7 Å². The SMILES string of the molecule is Cc1cc(C)c2c(c1C)OP(=O)(O)CC2c1cc(CN2CCOCC2)c(O)c(CN2CCOCC2)c1O. The minimum Gasteiger partial charge on any atom is -0.507 e. The molecule has 0 aromatic heterocycles. The summed E-state index contributed by atoms with van der Waals surface area (Å²) in [5, 5.41) is 23.0. The number of hydrogen-bond acceptors (Lipinski definition) is 8. The molecule has 3 aliphatic rings. The van der Waals surface area contributed by atoms with Crippen LogP contribution in [0.25, 0.3) is 0 Å². The van der Waals surface area contributed by atoms with E-state index < -0.39 is 13.5 Å². The smallest absolute Gasteiger partial charge is 0.377 e. The van der Waals surface area contributed by atoms with Crippen molar-refractivity contribution in [1.29, 1.82) is 0 Å². The zero-order valence-electron chi connectivity index (χ0n) is 21.8. The van der Waals surface area contributed by atoms with Gasteiger partial charge in [0.1, 0.15) is 17.2 Å². The molecule has 2 aromatic carbocycles. The quantitative estimate of drug-likeness (QED) is 0.499. The lowest BCUT2D eigenvalue weighted by Gasteiger charge is -2.34. The number of phenols is 2. The maximum atomic E-state index is 13.1. The Morgan fingerprint density at radius 2 is 1.49 bits per heavy atom. The van der Waals surface area contributed by atoms with E-state index in [2.05, 4.69) is 15.9 Å². The zero-order valence-corrected chi connectivity index (χ0v) is 22.7. The summed E-state index contributed by atoms with van der Waals surface area (Å²) in [6.45, 7) is 12.0. The monoisotopic (exact) mass is 532 g/mol. The summed E-state index contributed by atoms with van der Waals surface area (Å²) in [4.78, 5) is 15.1. The fourth-order valence-electron chi connectivity index (χ4n) is 5.70. The summed E-state index contributed by atoms with van der Waals surface area (Å²) < 4.78 is 29.7. The van der Waals surface area contributed by atoms with Gasteiger partial charge >= 0.3 is 7.60 Å². The van der Waals surface area contributed by atoms with Crippen LogP contribution in [0.15, 0.2) is 12.1 Å². The van der Waals surface area contributed by atoms with Crippen LogP contribution < -0.4 is 4.52 Å². The van der Waals surface area contributed by atoms with E-state index in [9.17, 15) is 19.7 Å². The highest BCUT2D eigenvalue weighted by molar-refractivity contribution is 7.53. The molecule has 37 heavy (non-hydrogen) atoms. The second-order valence-corrected chi connectivity index (χ2v) is 12.2. The average Bonchev–Trinajstić information content (AvgIpc) is 2.87. The van der Waals surface area contributed by atoms with Crippen molar-refractivity contribution in [3.8, 4) is 17.2 Å². The number of hydrogen-bond donors (Lipinski definition) is 3. The van der Waals surface area contributed by atoms with Gasteiger partial charge < -0.3 is 29.1 Å². The summed E-state index contributed by atoms with van der Waals surface area (Å²) in [5.41, 5.74) is 5.26. The Morgan fingerprint density at radius 3 is 2.11 bits per heavy atom. The average molecular weight is 533 g/mol. The molecule has 3 aliphatic heterocycles. The van der Waals surface area contributed by atoms with Crippen LogP contribution in [0.5, 0.6) is 17.2 Å². The Kier molecular flexibility index (Phi) is 7.56. The summed E-state index contributed by atoms with van der Waals surface area (Å²) in [7, 11) is -3.97. The molecule has 0 bridgehead atoms. The minimum absolute atomic E-state index is 0.0230. The summed E-state index contributed by atoms with van der Waals surface area (Å²) in [6, 6.07) is 3.87. The van der Waals surface area contributed by atoms with Crippen LogP contribution in [0.1, 0.15) is 44.9 Å². The van der Waals surface area contributed by atoms with Crippen LogP contribution in [0.2, 0.25) is 0 Å². The van der Waals surface area contributed by atoms with Crippen molar-refractivity contribution in [2.24, 2.45) is 0 Å². The van der Waals surface area contributed by atoms with E-state index in [1.54, 1.807) is 0 Å². The number of aryl methyl sites for hydroxylation is 2. The van der Waals surface area contributed by atoms with E-state index in [0.29, 0.717) is 75.0 Å². The molecule has 0 amide bonds. The van der Waals surface area contributed by atoms with Crippen LogP contribution in [-0.2, 0) is 27.1 Å². The van der Waals surface area contributed by atoms with Gasteiger partial charge in [0.2, 0.25) is 0 Å². The second kappa shape index (κ2) is 10.6. The Hall–Kier alpha value is -2.13. The number of benzene rings is 2. The molecule has 2 aromatic rings. The third-order valence-corrected chi connectivity index (χ3v) is 9.16. The first-order chi connectivity index (χ1) is 17.6. The molecule has 0 aliphatic carbocycles. The Morgan fingerprint density at radius 1 is 0.892 bits per heavy atom. The van der Waals surface area contributed by atoms with Crippen LogP contribution in [0, 0.1) is 20.8 Å². The molecular formula is C27H37N2O7P. The van der Waals surface area contributed by atoms with Crippen molar-refractivity contribution in [2.45, 2.75) is 39.8 Å². The standard InChI is InChI=1S/C27H37N2O7P/c1-17-12-18(2)24-23(16-37(32,33)36-27(24)19(17)3)21-13-20(14-28-4-8-34-9-5-28)25(30)22(26(21)31)15-29-6-10-35-11-7-29/h12-13,23,30-31H,4-11,14-16H2,1-3H3,(H,32,33). The Balaban J connectivity index is 1.65. The fraction of sp³-hybridized carbons (Fsp3) is 0.556. The number of phenolic OH excluding ortho intramolecular Hbond substituents is 2. The number of ether oxygens (including phenoxy) is 2. The number of morpholine rings is 2. The van der Waals surface area contributed by atoms with Crippen molar-refractivity contribution in [2.75, 3.05) is 58.8 Å². The summed E-state index contributed by atoms with van der Waals surface area (Å²) in [5.74, 6) is -0.0661. The molecule has 9 nitrogen and oxygen atoms in total. The molecule has 2 fully saturated rings. The minimum atomic E-state index is -3.97. The highest BCUT2D eigenvalue weighted by atomic mass is 31.2. The van der Waals surface area contributed by atoms with Crippen molar-refractivity contribution in [3.05, 3.63) is 51.1 Å².